The molecule has 0 radical (unpaired) electrons. The van der Waals surface area contributed by atoms with Gasteiger partial charge in [-0.15, -0.1) is 0 Å². The fourth-order valence-corrected chi connectivity index (χ4v) is 5.08. The van der Waals surface area contributed by atoms with Crippen molar-refractivity contribution in [2.45, 2.75) is 45.7 Å². The summed E-state index contributed by atoms with van der Waals surface area (Å²) in [4.78, 5) is 23.2. The Morgan fingerprint density at radius 1 is 1.18 bits per heavy atom. The lowest BCUT2D eigenvalue weighted by molar-refractivity contribution is 0.102. The number of hydrogen-bond donors (Lipinski definition) is 3. The quantitative estimate of drug-likeness (QED) is 0.326. The van der Waals surface area contributed by atoms with Crippen molar-refractivity contribution >= 4 is 36.0 Å². The molecule has 3 N–H and O–H groups in total. The molecule has 10 heteroatoms. The number of carbonyl (C=O) groups is 1. The van der Waals surface area contributed by atoms with Crippen molar-refractivity contribution in [3.8, 4) is 0 Å². The van der Waals surface area contributed by atoms with Crippen LogP contribution in [0.3, 0.4) is 0 Å². The third-order valence-electron chi connectivity index (χ3n) is 5.78. The van der Waals surface area contributed by atoms with Crippen LogP contribution in [0, 0.1) is 10.8 Å². The zero-order valence-corrected chi connectivity index (χ0v) is 19.9. The highest BCUT2D eigenvalue weighted by molar-refractivity contribution is 7.94. The Hall–Kier alpha value is -2.82. The number of nitrogens with one attached hydrogen (secondary N) is 3. The topological polar surface area (TPSA) is 112 Å². The molecule has 174 valence electrons. The molecular formula is C23H30N8OS. The van der Waals surface area contributed by atoms with Gasteiger partial charge in [-0.05, 0) is 62.4 Å². The Kier molecular flexibility index (Phi) is 7.36. The first-order valence-electron chi connectivity index (χ1n) is 11.3. The van der Waals surface area contributed by atoms with E-state index >= 15 is 0 Å². The van der Waals surface area contributed by atoms with Crippen LogP contribution >= 0.6 is 12.1 Å². The number of rotatable bonds is 7. The van der Waals surface area contributed by atoms with E-state index in [0.29, 0.717) is 17.2 Å². The highest BCUT2D eigenvalue weighted by Crippen LogP contribution is 2.28. The van der Waals surface area contributed by atoms with Gasteiger partial charge in [0.05, 0.1) is 6.34 Å². The zero-order valence-electron chi connectivity index (χ0n) is 19.0. The van der Waals surface area contributed by atoms with Crippen LogP contribution in [0.4, 0.5) is 5.82 Å². The lowest BCUT2D eigenvalue weighted by Crippen LogP contribution is -2.36. The molecule has 1 amide bonds. The van der Waals surface area contributed by atoms with Gasteiger partial charge in [-0.1, -0.05) is 6.07 Å². The average Bonchev–Trinajstić information content (AvgIpc) is 3.32. The largest absolute Gasteiger partial charge is 0.314 e. The predicted molar refractivity (Wildman–Crippen MR) is 132 cm³/mol. The molecule has 9 nitrogen and oxygen atoms in total. The van der Waals surface area contributed by atoms with E-state index in [1.807, 2.05) is 38.2 Å². The van der Waals surface area contributed by atoms with Gasteiger partial charge in [0.1, 0.15) is 17.2 Å². The van der Waals surface area contributed by atoms with Gasteiger partial charge < -0.3 is 10.2 Å². The summed E-state index contributed by atoms with van der Waals surface area (Å²) in [5.41, 5.74) is 3.07. The third-order valence-corrected chi connectivity index (χ3v) is 6.91. The van der Waals surface area contributed by atoms with Crippen LogP contribution in [-0.2, 0) is 13.0 Å². The van der Waals surface area contributed by atoms with E-state index in [4.69, 9.17) is 10.8 Å². The number of pyridine rings is 2. The molecule has 2 aromatic rings. The second kappa shape index (κ2) is 10.4. The molecule has 1 saturated heterocycles. The van der Waals surface area contributed by atoms with Crippen molar-refractivity contribution in [3.05, 3.63) is 53.0 Å². The summed E-state index contributed by atoms with van der Waals surface area (Å²) in [6, 6.07) is 6.95. The first-order chi connectivity index (χ1) is 15.9. The molecule has 0 bridgehead atoms. The van der Waals surface area contributed by atoms with E-state index in [1.165, 1.54) is 23.3 Å². The molecule has 0 spiro atoms. The Balaban J connectivity index is 1.44. The summed E-state index contributed by atoms with van der Waals surface area (Å²) < 4.78 is 4.77. The predicted octanol–water partition coefficient (Wildman–Crippen LogP) is 3.39. The minimum Gasteiger partial charge on any atom is -0.314 e. The number of amidine groups is 1. The standard InChI is InChI=1S/C23H30N8OS/c1-16(2)31(15-24)22(25)19-6-5-7-21(27-19)28-23(32)20-12-18-14-30(11-8-17(18)13-26-20)33-29-9-3-4-10-29/h5-7,12-13,15-16,24-25H,3-4,8-11,14H2,1-2H3,(H,27,28,32). The van der Waals surface area contributed by atoms with Gasteiger partial charge in [-0.3, -0.25) is 20.6 Å². The van der Waals surface area contributed by atoms with Gasteiger partial charge in [0, 0.05) is 50.6 Å². The minimum atomic E-state index is -0.328. The van der Waals surface area contributed by atoms with Gasteiger partial charge in [0.15, 0.2) is 5.84 Å². The van der Waals surface area contributed by atoms with Crippen LogP contribution in [-0.4, -0.2) is 67.2 Å². The normalized spacial score (nSPS) is 16.5. The monoisotopic (exact) mass is 466 g/mol. The first-order valence-corrected chi connectivity index (χ1v) is 12.0. The molecule has 0 atom stereocenters. The first kappa shape index (κ1) is 23.3. The van der Waals surface area contributed by atoms with Gasteiger partial charge in [-0.2, -0.15) is 0 Å². The maximum Gasteiger partial charge on any atom is 0.275 e. The zero-order chi connectivity index (χ0) is 23.4. The minimum absolute atomic E-state index is 0.0436. The lowest BCUT2D eigenvalue weighted by atomic mass is 10.0. The van der Waals surface area contributed by atoms with Crippen LogP contribution in [0.2, 0.25) is 0 Å². The van der Waals surface area contributed by atoms with E-state index in [2.05, 4.69) is 23.9 Å². The van der Waals surface area contributed by atoms with Crippen LogP contribution in [0.1, 0.15) is 54.0 Å². The van der Waals surface area contributed by atoms with E-state index in [9.17, 15) is 4.79 Å². The summed E-state index contributed by atoms with van der Waals surface area (Å²) in [5, 5.41) is 18.7. The molecule has 0 aromatic carbocycles. The second-order valence-corrected chi connectivity index (χ2v) is 9.71. The summed E-state index contributed by atoms with van der Waals surface area (Å²) in [5.74, 6) is 0.131. The van der Waals surface area contributed by atoms with Gasteiger partial charge >= 0.3 is 0 Å². The summed E-state index contributed by atoms with van der Waals surface area (Å²) in [6.07, 6.45) is 6.37. The smallest absolute Gasteiger partial charge is 0.275 e. The van der Waals surface area contributed by atoms with Crippen molar-refractivity contribution in [2.24, 2.45) is 0 Å². The average molecular weight is 467 g/mol. The number of aromatic nitrogens is 2. The molecule has 0 aliphatic carbocycles. The molecule has 0 unspecified atom stereocenters. The maximum absolute atomic E-state index is 12.9. The summed E-state index contributed by atoms with van der Waals surface area (Å²) in [6.45, 7) is 7.84. The number of carbonyl (C=O) groups excluding carboxylic acids is 1. The number of nitrogens with zero attached hydrogens (tertiary/aromatic N) is 5. The van der Waals surface area contributed by atoms with Crippen molar-refractivity contribution in [1.29, 1.82) is 10.8 Å². The van der Waals surface area contributed by atoms with E-state index in [-0.39, 0.29) is 17.8 Å². The fourth-order valence-electron chi connectivity index (χ4n) is 3.96. The van der Waals surface area contributed by atoms with Crippen LogP contribution < -0.4 is 5.32 Å². The Labute approximate surface area is 198 Å². The number of anilines is 1. The Morgan fingerprint density at radius 2 is 1.97 bits per heavy atom. The van der Waals surface area contributed by atoms with Gasteiger partial charge in [0.25, 0.3) is 5.91 Å². The molecule has 2 aliphatic rings. The van der Waals surface area contributed by atoms with Crippen LogP contribution in [0.5, 0.6) is 0 Å². The highest BCUT2D eigenvalue weighted by Gasteiger charge is 2.23. The van der Waals surface area contributed by atoms with Crippen molar-refractivity contribution < 1.29 is 4.79 Å². The number of amides is 1. The molecule has 0 saturated carbocycles. The molecule has 4 rings (SSSR count). The maximum atomic E-state index is 12.9. The summed E-state index contributed by atoms with van der Waals surface area (Å²) >= 11 is 1.81. The third kappa shape index (κ3) is 5.58. The SMILES string of the molecule is CC(C)N(C=N)C(=N)c1cccc(NC(=O)c2cc3c(cn2)CCN(SN2CCCC2)C3)n1. The van der Waals surface area contributed by atoms with Gasteiger partial charge in [0.2, 0.25) is 0 Å². The molecular weight excluding hydrogens is 436 g/mol. The van der Waals surface area contributed by atoms with E-state index < -0.39 is 0 Å². The van der Waals surface area contributed by atoms with Crippen molar-refractivity contribution in [2.75, 3.05) is 25.0 Å². The molecule has 2 aliphatic heterocycles. The second-order valence-electron chi connectivity index (χ2n) is 8.51. The molecule has 33 heavy (non-hydrogen) atoms. The number of hydrogen-bond acceptors (Lipinski definition) is 8. The van der Waals surface area contributed by atoms with Gasteiger partial charge in [-0.25, -0.2) is 13.6 Å². The molecule has 4 heterocycles. The number of fused-ring (bicyclic) bond motifs is 1. The Bertz CT molecular complexity index is 1040. The van der Waals surface area contributed by atoms with Crippen LogP contribution in [0.25, 0.3) is 0 Å². The van der Waals surface area contributed by atoms with E-state index in [1.54, 1.807) is 18.2 Å². The van der Waals surface area contributed by atoms with E-state index in [0.717, 1.165) is 44.5 Å². The highest BCUT2D eigenvalue weighted by atomic mass is 32.2. The molecule has 1 fully saturated rings. The Morgan fingerprint density at radius 3 is 2.70 bits per heavy atom. The molecule has 2 aromatic heterocycles. The fraction of sp³-hybridized carbons (Fsp3) is 0.435. The lowest BCUT2D eigenvalue weighted by Gasteiger charge is -2.30. The van der Waals surface area contributed by atoms with Crippen LogP contribution in [0.15, 0.2) is 30.5 Å². The van der Waals surface area contributed by atoms with Crippen molar-refractivity contribution in [1.82, 2.24) is 23.5 Å². The van der Waals surface area contributed by atoms with Crippen molar-refractivity contribution in [3.63, 3.8) is 0 Å². The summed E-state index contributed by atoms with van der Waals surface area (Å²) in [7, 11) is 0.